The first-order valence-corrected chi connectivity index (χ1v) is 19.7. The number of aromatic nitrogens is 2. The zero-order valence-electron chi connectivity index (χ0n) is 31.9. The molecule has 0 radical (unpaired) electrons. The van der Waals surface area contributed by atoms with Crippen molar-refractivity contribution in [3.63, 3.8) is 0 Å². The van der Waals surface area contributed by atoms with Crippen LogP contribution in [0.25, 0.3) is 72.5 Å². The number of fused-ring (bicyclic) bond motifs is 1. The van der Waals surface area contributed by atoms with Gasteiger partial charge in [0.25, 0.3) is 0 Å². The van der Waals surface area contributed by atoms with Crippen LogP contribution in [0.2, 0.25) is 0 Å². The zero-order chi connectivity index (χ0) is 38.7. The van der Waals surface area contributed by atoms with Crippen molar-refractivity contribution in [3.05, 3.63) is 237 Å². The average molecular weight is 742 g/mol. The fraction of sp³-hybridized carbons (Fsp3) is 0. The highest BCUT2D eigenvalue weighted by Crippen LogP contribution is 2.43. The van der Waals surface area contributed by atoms with Gasteiger partial charge < -0.3 is 4.90 Å². The van der Waals surface area contributed by atoms with E-state index >= 15 is 0 Å². The lowest BCUT2D eigenvalue weighted by Crippen LogP contribution is -2.09. The summed E-state index contributed by atoms with van der Waals surface area (Å²) in [6.07, 6.45) is 1.89. The molecule has 274 valence electrons. The SMILES string of the molecule is c1ccc(-c2ccc(N(c3ccc(-c4ccccc4)cc3)c3ccc(-c4ccc(-n5c(-c6ccccc6)c(-c6ccccc6)c6cccnc65)cc4)cc3)cc2)cc1. The summed E-state index contributed by atoms with van der Waals surface area (Å²) >= 11 is 0. The molecule has 0 aliphatic carbocycles. The molecule has 0 amide bonds. The van der Waals surface area contributed by atoms with Gasteiger partial charge in [0.05, 0.1) is 5.69 Å². The van der Waals surface area contributed by atoms with Gasteiger partial charge in [-0.2, -0.15) is 0 Å². The maximum absolute atomic E-state index is 4.95. The first kappa shape index (κ1) is 34.7. The third-order valence-corrected chi connectivity index (χ3v) is 10.9. The minimum absolute atomic E-state index is 0.936. The van der Waals surface area contributed by atoms with E-state index in [9.17, 15) is 0 Å². The molecule has 2 aromatic heterocycles. The Kier molecular flexibility index (Phi) is 9.23. The molecule has 3 heteroatoms. The molecule has 0 unspecified atom stereocenters. The summed E-state index contributed by atoms with van der Waals surface area (Å²) in [4.78, 5) is 7.27. The van der Waals surface area contributed by atoms with Gasteiger partial charge in [-0.05, 0) is 105 Å². The molecule has 0 bridgehead atoms. The van der Waals surface area contributed by atoms with Gasteiger partial charge in [-0.3, -0.25) is 4.57 Å². The Morgan fingerprint density at radius 2 is 0.672 bits per heavy atom. The Hall–Kier alpha value is -7.75. The van der Waals surface area contributed by atoms with Gasteiger partial charge >= 0.3 is 0 Å². The summed E-state index contributed by atoms with van der Waals surface area (Å²) in [5, 5.41) is 1.13. The summed E-state index contributed by atoms with van der Waals surface area (Å²) in [5.41, 5.74) is 17.0. The molecular weight excluding hydrogens is 703 g/mol. The van der Waals surface area contributed by atoms with Gasteiger partial charge in [0.1, 0.15) is 5.65 Å². The Bertz CT molecular complexity index is 2840. The molecule has 0 fully saturated rings. The van der Waals surface area contributed by atoms with Crippen LogP contribution in [0, 0.1) is 0 Å². The van der Waals surface area contributed by atoms with Crippen molar-refractivity contribution in [1.82, 2.24) is 9.55 Å². The van der Waals surface area contributed by atoms with Crippen LogP contribution >= 0.6 is 0 Å². The Balaban J connectivity index is 1.01. The van der Waals surface area contributed by atoms with E-state index in [1.807, 2.05) is 12.3 Å². The van der Waals surface area contributed by atoms with E-state index in [0.717, 1.165) is 56.2 Å². The molecule has 0 aliphatic rings. The maximum atomic E-state index is 4.95. The second-order valence-electron chi connectivity index (χ2n) is 14.4. The highest BCUT2D eigenvalue weighted by atomic mass is 15.1. The number of benzene rings is 8. The lowest BCUT2D eigenvalue weighted by Gasteiger charge is -2.26. The Morgan fingerprint density at radius 1 is 0.310 bits per heavy atom. The lowest BCUT2D eigenvalue weighted by molar-refractivity contribution is 1.10. The molecule has 0 aliphatic heterocycles. The standard InChI is InChI=1S/C55H39N3/c1-5-14-40(15-6-1)42-23-31-48(32-24-42)57(49-33-25-43(26-34-49)41-16-7-2-8-17-41)50-35-27-44(28-36-50)45-29-37-51(38-30-45)58-54(47-20-11-4-12-21-47)53(46-18-9-3-10-19-46)52-22-13-39-56-55(52)58/h1-39H. The normalized spacial score (nSPS) is 11.1. The molecule has 2 heterocycles. The monoisotopic (exact) mass is 741 g/mol. The summed E-state index contributed by atoms with van der Waals surface area (Å²) in [5.74, 6) is 0. The Morgan fingerprint density at radius 3 is 1.10 bits per heavy atom. The molecule has 10 rings (SSSR count). The number of pyridine rings is 1. The third kappa shape index (κ3) is 6.65. The second kappa shape index (κ2) is 15.4. The van der Waals surface area contributed by atoms with Gasteiger partial charge in [0, 0.05) is 39.9 Å². The van der Waals surface area contributed by atoms with Crippen LogP contribution < -0.4 is 4.90 Å². The van der Waals surface area contributed by atoms with Crippen molar-refractivity contribution >= 4 is 28.1 Å². The topological polar surface area (TPSA) is 21.1 Å². The van der Waals surface area contributed by atoms with Gasteiger partial charge in [0.15, 0.2) is 0 Å². The number of anilines is 3. The first-order valence-electron chi connectivity index (χ1n) is 19.7. The van der Waals surface area contributed by atoms with Crippen molar-refractivity contribution < 1.29 is 0 Å². The lowest BCUT2D eigenvalue weighted by atomic mass is 9.99. The molecule has 0 saturated heterocycles. The van der Waals surface area contributed by atoms with Crippen LogP contribution in [0.3, 0.4) is 0 Å². The van der Waals surface area contributed by atoms with E-state index < -0.39 is 0 Å². The zero-order valence-corrected chi connectivity index (χ0v) is 31.9. The minimum Gasteiger partial charge on any atom is -0.311 e. The molecule has 58 heavy (non-hydrogen) atoms. The predicted molar refractivity (Wildman–Crippen MR) is 243 cm³/mol. The van der Waals surface area contributed by atoms with Gasteiger partial charge in [0.2, 0.25) is 0 Å². The fourth-order valence-electron chi connectivity index (χ4n) is 8.05. The van der Waals surface area contributed by atoms with Crippen molar-refractivity contribution in [2.75, 3.05) is 4.90 Å². The van der Waals surface area contributed by atoms with Crippen LogP contribution in [-0.4, -0.2) is 9.55 Å². The summed E-state index contributed by atoms with van der Waals surface area (Å²) < 4.78 is 2.31. The molecular formula is C55H39N3. The molecule has 0 saturated carbocycles. The predicted octanol–water partition coefficient (Wildman–Crippen LogP) is 14.8. The summed E-state index contributed by atoms with van der Waals surface area (Å²) in [6, 6.07) is 82.1. The Labute approximate surface area is 339 Å². The maximum Gasteiger partial charge on any atom is 0.145 e. The van der Waals surface area contributed by atoms with E-state index in [2.05, 4.69) is 234 Å². The summed E-state index contributed by atoms with van der Waals surface area (Å²) in [6.45, 7) is 0. The van der Waals surface area contributed by atoms with E-state index in [-0.39, 0.29) is 0 Å². The summed E-state index contributed by atoms with van der Waals surface area (Å²) in [7, 11) is 0. The van der Waals surface area contributed by atoms with Crippen molar-refractivity contribution in [2.45, 2.75) is 0 Å². The van der Waals surface area contributed by atoms with Crippen molar-refractivity contribution in [2.24, 2.45) is 0 Å². The van der Waals surface area contributed by atoms with E-state index in [4.69, 9.17) is 4.98 Å². The van der Waals surface area contributed by atoms with Crippen molar-refractivity contribution in [3.8, 4) is 61.5 Å². The quantitative estimate of drug-likeness (QED) is 0.147. The van der Waals surface area contributed by atoms with Crippen LogP contribution in [0.15, 0.2) is 237 Å². The minimum atomic E-state index is 0.936. The van der Waals surface area contributed by atoms with E-state index in [1.165, 1.54) is 33.4 Å². The molecule has 10 aromatic rings. The third-order valence-electron chi connectivity index (χ3n) is 10.9. The van der Waals surface area contributed by atoms with Crippen LogP contribution in [0.5, 0.6) is 0 Å². The van der Waals surface area contributed by atoms with Gasteiger partial charge in [-0.1, -0.05) is 170 Å². The number of nitrogens with zero attached hydrogens (tertiary/aromatic N) is 3. The number of hydrogen-bond donors (Lipinski definition) is 0. The van der Waals surface area contributed by atoms with Crippen LogP contribution in [0.4, 0.5) is 17.1 Å². The highest BCUT2D eigenvalue weighted by molar-refractivity contribution is 6.04. The van der Waals surface area contributed by atoms with E-state index in [1.54, 1.807) is 0 Å². The van der Waals surface area contributed by atoms with Gasteiger partial charge in [-0.15, -0.1) is 0 Å². The first-order chi connectivity index (χ1) is 28.8. The van der Waals surface area contributed by atoms with Crippen molar-refractivity contribution in [1.29, 1.82) is 0 Å². The average Bonchev–Trinajstić information content (AvgIpc) is 3.66. The smallest absolute Gasteiger partial charge is 0.145 e. The molecule has 0 atom stereocenters. The van der Waals surface area contributed by atoms with E-state index in [0.29, 0.717) is 0 Å². The second-order valence-corrected chi connectivity index (χ2v) is 14.4. The highest BCUT2D eigenvalue weighted by Gasteiger charge is 2.22. The fourth-order valence-corrected chi connectivity index (χ4v) is 8.05. The van der Waals surface area contributed by atoms with Gasteiger partial charge in [-0.25, -0.2) is 4.98 Å². The largest absolute Gasteiger partial charge is 0.311 e. The number of hydrogen-bond acceptors (Lipinski definition) is 2. The molecule has 8 aromatic carbocycles. The molecule has 3 nitrogen and oxygen atoms in total. The molecule has 0 spiro atoms. The van der Waals surface area contributed by atoms with Crippen LogP contribution in [-0.2, 0) is 0 Å². The van der Waals surface area contributed by atoms with Crippen LogP contribution in [0.1, 0.15) is 0 Å². The number of rotatable bonds is 9. The molecule has 0 N–H and O–H groups in total.